The number of amides is 2. The van der Waals surface area contributed by atoms with Gasteiger partial charge in [0.2, 0.25) is 11.0 Å². The fourth-order valence-electron chi connectivity index (χ4n) is 3.56. The zero-order valence-corrected chi connectivity index (χ0v) is 15.3. The summed E-state index contributed by atoms with van der Waals surface area (Å²) in [6, 6.07) is 2.44. The number of nitrogens with two attached hydrogens (primary N) is 2. The second-order valence-corrected chi connectivity index (χ2v) is 8.76. The number of nitrogens with zero attached hydrogens (tertiary/aromatic N) is 2. The van der Waals surface area contributed by atoms with Gasteiger partial charge in [0.05, 0.1) is 5.54 Å². The smallest absolute Gasteiger partial charge is 0.284 e. The highest BCUT2D eigenvalue weighted by Gasteiger charge is 2.40. The van der Waals surface area contributed by atoms with Gasteiger partial charge < -0.3 is 20.8 Å². The first-order valence-corrected chi connectivity index (χ1v) is 10.2. The summed E-state index contributed by atoms with van der Waals surface area (Å²) in [4.78, 5) is 25.5. The second kappa shape index (κ2) is 7.01. The average Bonchev–Trinajstić information content (AvgIpc) is 3.13. The molecule has 0 radical (unpaired) electrons. The summed E-state index contributed by atoms with van der Waals surface area (Å²) in [7, 11) is -3.87. The number of rotatable bonds is 4. The minimum absolute atomic E-state index is 0.0942. The first kappa shape index (κ1) is 18.9. The summed E-state index contributed by atoms with van der Waals surface area (Å²) in [6.07, 6.45) is 4.32. The Bertz CT molecular complexity index is 789. The summed E-state index contributed by atoms with van der Waals surface area (Å²) in [5.41, 5.74) is 10.6. The summed E-state index contributed by atoms with van der Waals surface area (Å²) in [6.45, 7) is 0.855. The van der Waals surface area contributed by atoms with E-state index >= 15 is 0 Å². The second-order valence-electron chi connectivity index (χ2n) is 6.90. The third-order valence-corrected chi connectivity index (χ3v) is 6.89. The Balaban J connectivity index is 1.65. The first-order chi connectivity index (χ1) is 12.2. The van der Waals surface area contributed by atoms with Gasteiger partial charge >= 0.3 is 0 Å². The highest BCUT2D eigenvalue weighted by molar-refractivity contribution is 7.89. The predicted octanol–water partition coefficient (Wildman–Crippen LogP) is -0.127. The fraction of sp³-hybridized carbons (Fsp3) is 0.625. The van der Waals surface area contributed by atoms with E-state index in [1.165, 1.54) is 16.4 Å². The van der Waals surface area contributed by atoms with Crippen LogP contribution >= 0.6 is 0 Å². The molecule has 1 aromatic heterocycles. The standard InChI is InChI=1S/C16H24N4O5S/c17-14(21)12-4-5-13(25-12)26(23,24)20-10-8-19(9-11-20)15(22)16(18)6-2-1-3-7-16/h4-5H,1-3,6-11,18H2,(H2,17,21). The topological polar surface area (TPSA) is 140 Å². The number of carbonyl (C=O) groups excluding carboxylic acids is 2. The lowest BCUT2D eigenvalue weighted by Gasteiger charge is -2.40. The van der Waals surface area contributed by atoms with Crippen LogP contribution in [0.4, 0.5) is 0 Å². The molecular formula is C16H24N4O5S. The highest BCUT2D eigenvalue weighted by atomic mass is 32.2. The van der Waals surface area contributed by atoms with Crippen molar-refractivity contribution in [2.45, 2.75) is 42.7 Å². The monoisotopic (exact) mass is 384 g/mol. The molecule has 2 fully saturated rings. The number of primary amides is 1. The predicted molar refractivity (Wildman–Crippen MR) is 92.6 cm³/mol. The van der Waals surface area contributed by atoms with Crippen molar-refractivity contribution in [3.8, 4) is 0 Å². The van der Waals surface area contributed by atoms with Gasteiger partial charge in [0.15, 0.2) is 5.76 Å². The molecule has 26 heavy (non-hydrogen) atoms. The van der Waals surface area contributed by atoms with Crippen molar-refractivity contribution in [2.75, 3.05) is 26.2 Å². The molecule has 1 aliphatic heterocycles. The van der Waals surface area contributed by atoms with Crippen molar-refractivity contribution in [3.05, 3.63) is 17.9 Å². The van der Waals surface area contributed by atoms with Crippen molar-refractivity contribution < 1.29 is 22.4 Å². The third kappa shape index (κ3) is 3.49. The normalized spacial score (nSPS) is 21.5. The van der Waals surface area contributed by atoms with Gasteiger partial charge in [-0.1, -0.05) is 19.3 Å². The van der Waals surface area contributed by atoms with E-state index in [4.69, 9.17) is 15.9 Å². The van der Waals surface area contributed by atoms with Crippen LogP contribution in [-0.2, 0) is 14.8 Å². The van der Waals surface area contributed by atoms with Gasteiger partial charge in [-0.3, -0.25) is 9.59 Å². The summed E-state index contributed by atoms with van der Waals surface area (Å²) in [5.74, 6) is -1.13. The number of hydrogen-bond donors (Lipinski definition) is 2. The summed E-state index contributed by atoms with van der Waals surface area (Å²) in [5, 5.41) is -0.325. The highest BCUT2D eigenvalue weighted by Crippen LogP contribution is 2.28. The Morgan fingerprint density at radius 3 is 2.19 bits per heavy atom. The van der Waals surface area contributed by atoms with E-state index in [-0.39, 0.29) is 42.9 Å². The average molecular weight is 384 g/mol. The molecule has 0 atom stereocenters. The van der Waals surface area contributed by atoms with Gasteiger partial charge in [0.25, 0.3) is 15.9 Å². The molecule has 1 saturated heterocycles. The van der Waals surface area contributed by atoms with Gasteiger partial charge in [0, 0.05) is 26.2 Å². The van der Waals surface area contributed by atoms with Gasteiger partial charge in [-0.15, -0.1) is 0 Å². The molecule has 1 saturated carbocycles. The van der Waals surface area contributed by atoms with Gasteiger partial charge in [-0.2, -0.15) is 4.31 Å². The Labute approximate surface area is 152 Å². The van der Waals surface area contributed by atoms with E-state index in [2.05, 4.69) is 0 Å². The minimum atomic E-state index is -3.87. The largest absolute Gasteiger partial charge is 0.438 e. The molecule has 4 N–H and O–H groups in total. The van der Waals surface area contributed by atoms with Crippen LogP contribution < -0.4 is 11.5 Å². The van der Waals surface area contributed by atoms with E-state index < -0.39 is 21.5 Å². The molecule has 2 aliphatic rings. The number of sulfonamides is 1. The molecule has 2 heterocycles. The third-order valence-electron chi connectivity index (χ3n) is 5.12. The maximum atomic E-state index is 12.7. The lowest BCUT2D eigenvalue weighted by Crippen LogP contribution is -2.60. The Morgan fingerprint density at radius 2 is 1.65 bits per heavy atom. The molecule has 0 unspecified atom stereocenters. The molecule has 0 spiro atoms. The van der Waals surface area contributed by atoms with E-state index in [1.54, 1.807) is 4.90 Å². The molecule has 0 aromatic carbocycles. The fourth-order valence-corrected chi connectivity index (χ4v) is 4.90. The quantitative estimate of drug-likeness (QED) is 0.741. The van der Waals surface area contributed by atoms with E-state index in [9.17, 15) is 18.0 Å². The Hall–Kier alpha value is -1.91. The SMILES string of the molecule is NC(=O)c1ccc(S(=O)(=O)N2CCN(C(=O)C3(N)CCCCC3)CC2)o1. The Kier molecular flexibility index (Phi) is 5.09. The molecule has 2 amide bonds. The van der Waals surface area contributed by atoms with Gasteiger partial charge in [-0.05, 0) is 25.0 Å². The minimum Gasteiger partial charge on any atom is -0.438 e. The van der Waals surface area contributed by atoms with Crippen LogP contribution in [-0.4, -0.2) is 61.2 Å². The molecule has 3 rings (SSSR count). The maximum absolute atomic E-state index is 12.7. The zero-order valence-electron chi connectivity index (χ0n) is 14.5. The molecule has 1 aromatic rings. The molecule has 1 aliphatic carbocycles. The van der Waals surface area contributed by atoms with Crippen LogP contribution in [0.1, 0.15) is 42.7 Å². The van der Waals surface area contributed by atoms with Crippen molar-refractivity contribution >= 4 is 21.8 Å². The maximum Gasteiger partial charge on any atom is 0.284 e. The number of furan rings is 1. The van der Waals surface area contributed by atoms with Crippen LogP contribution in [0.25, 0.3) is 0 Å². The van der Waals surface area contributed by atoms with Crippen molar-refractivity contribution in [2.24, 2.45) is 11.5 Å². The zero-order chi connectivity index (χ0) is 18.9. The van der Waals surface area contributed by atoms with E-state index in [0.717, 1.165) is 19.3 Å². The van der Waals surface area contributed by atoms with Crippen LogP contribution in [0.5, 0.6) is 0 Å². The van der Waals surface area contributed by atoms with Gasteiger partial charge in [0.1, 0.15) is 0 Å². The summed E-state index contributed by atoms with van der Waals surface area (Å²) < 4.78 is 31.5. The Morgan fingerprint density at radius 1 is 1.04 bits per heavy atom. The molecule has 144 valence electrons. The molecule has 10 heteroatoms. The van der Waals surface area contributed by atoms with E-state index in [0.29, 0.717) is 12.8 Å². The van der Waals surface area contributed by atoms with Gasteiger partial charge in [-0.25, -0.2) is 8.42 Å². The van der Waals surface area contributed by atoms with E-state index in [1.807, 2.05) is 0 Å². The molecule has 9 nitrogen and oxygen atoms in total. The lowest BCUT2D eigenvalue weighted by molar-refractivity contribution is -0.139. The van der Waals surface area contributed by atoms with Crippen molar-refractivity contribution in [1.29, 1.82) is 0 Å². The van der Waals surface area contributed by atoms with Crippen molar-refractivity contribution in [3.63, 3.8) is 0 Å². The molecule has 0 bridgehead atoms. The van der Waals surface area contributed by atoms with Crippen LogP contribution in [0.2, 0.25) is 0 Å². The van der Waals surface area contributed by atoms with Crippen LogP contribution in [0.15, 0.2) is 21.6 Å². The number of piperazine rings is 1. The lowest BCUT2D eigenvalue weighted by atomic mass is 9.81. The first-order valence-electron chi connectivity index (χ1n) is 8.72. The number of hydrogen-bond acceptors (Lipinski definition) is 6. The van der Waals surface area contributed by atoms with Crippen molar-refractivity contribution in [1.82, 2.24) is 9.21 Å². The number of carbonyl (C=O) groups is 2. The van der Waals surface area contributed by atoms with Crippen LogP contribution in [0.3, 0.4) is 0 Å². The van der Waals surface area contributed by atoms with Crippen LogP contribution in [0, 0.1) is 0 Å². The molecular weight excluding hydrogens is 360 g/mol. The summed E-state index contributed by atoms with van der Waals surface area (Å²) >= 11 is 0.